The third-order valence-corrected chi connectivity index (χ3v) is 6.79. The van der Waals surface area contributed by atoms with E-state index in [4.69, 9.17) is 10.6 Å². The summed E-state index contributed by atoms with van der Waals surface area (Å²) in [5.74, 6) is -2.08. The monoisotopic (exact) mass is 486 g/mol. The number of allylic oxidation sites excluding steroid dienone is 1. The van der Waals surface area contributed by atoms with Gasteiger partial charge in [0.25, 0.3) is 11.8 Å². The van der Waals surface area contributed by atoms with Gasteiger partial charge in [-0.1, -0.05) is 23.4 Å². The molecule has 13 heteroatoms. The Labute approximate surface area is 196 Å². The van der Waals surface area contributed by atoms with Gasteiger partial charge in [0.1, 0.15) is 29.9 Å². The Morgan fingerprint density at radius 2 is 2.24 bits per heavy atom. The topological polar surface area (TPSA) is 160 Å². The summed E-state index contributed by atoms with van der Waals surface area (Å²) in [5, 5.41) is 17.3. The van der Waals surface area contributed by atoms with E-state index in [1.54, 1.807) is 36.0 Å². The van der Waals surface area contributed by atoms with Crippen molar-refractivity contribution in [3.8, 4) is 0 Å². The van der Waals surface area contributed by atoms with Gasteiger partial charge < -0.3 is 21.0 Å². The van der Waals surface area contributed by atoms with Gasteiger partial charge in [-0.3, -0.25) is 19.5 Å². The number of nitrogens with zero attached hydrogens (tertiary/aromatic N) is 4. The maximum atomic E-state index is 12.8. The number of rotatable bonds is 7. The number of pyridine rings is 1. The molecule has 4 rings (SSSR count). The molecule has 0 spiro atoms. The van der Waals surface area contributed by atoms with Crippen LogP contribution in [0.15, 0.2) is 52.4 Å². The van der Waals surface area contributed by atoms with Crippen LogP contribution in [0, 0.1) is 0 Å². The van der Waals surface area contributed by atoms with Gasteiger partial charge in [-0.25, -0.2) is 9.78 Å². The normalized spacial score (nSPS) is 20.5. The van der Waals surface area contributed by atoms with Gasteiger partial charge in [0.2, 0.25) is 0 Å². The lowest BCUT2D eigenvalue weighted by atomic mass is 10.0. The molecule has 11 nitrogen and oxygen atoms in total. The van der Waals surface area contributed by atoms with E-state index in [0.29, 0.717) is 11.3 Å². The van der Waals surface area contributed by atoms with Crippen molar-refractivity contribution in [1.29, 1.82) is 0 Å². The van der Waals surface area contributed by atoms with Crippen LogP contribution in [-0.4, -0.2) is 67.7 Å². The first-order valence-corrected chi connectivity index (χ1v) is 11.5. The standard InChI is InChI=1S/C20H18N6O5S2/c1-31-25-13(12-9-33-20(21)23-12)16(27)24-14-17(28)26-15(19(29)30)11(8-32-18(14)26)5-4-10-3-2-6-22-7-10/h2-7,9,14,18H,8H2,1H3,(H2,21,23)(H,24,27)(H,29,30)/b5-4+,25-13+. The van der Waals surface area contributed by atoms with Gasteiger partial charge in [0, 0.05) is 23.5 Å². The minimum Gasteiger partial charge on any atom is -0.477 e. The zero-order chi connectivity index (χ0) is 23.5. The smallest absolute Gasteiger partial charge is 0.352 e. The number of carbonyl (C=O) groups is 3. The number of aromatic nitrogens is 2. The number of carbonyl (C=O) groups excluding carboxylic acids is 2. The second-order valence-corrected chi connectivity index (χ2v) is 8.85. The molecule has 1 saturated heterocycles. The number of aliphatic carboxylic acids is 1. The fraction of sp³-hybridized carbons (Fsp3) is 0.200. The van der Waals surface area contributed by atoms with E-state index < -0.39 is 29.2 Å². The molecule has 0 aliphatic carbocycles. The Morgan fingerprint density at radius 1 is 1.42 bits per heavy atom. The highest BCUT2D eigenvalue weighted by Crippen LogP contribution is 2.40. The van der Waals surface area contributed by atoms with E-state index in [2.05, 4.69) is 20.4 Å². The highest BCUT2D eigenvalue weighted by Gasteiger charge is 2.54. The first-order valence-electron chi connectivity index (χ1n) is 9.53. The predicted octanol–water partition coefficient (Wildman–Crippen LogP) is 0.923. The molecule has 2 atom stereocenters. The molecule has 2 aromatic heterocycles. The number of nitrogens with two attached hydrogens (primary N) is 1. The number of hydrogen-bond acceptors (Lipinski definition) is 10. The summed E-state index contributed by atoms with van der Waals surface area (Å²) in [7, 11) is 1.28. The number of thioether (sulfide) groups is 1. The van der Waals surface area contributed by atoms with Crippen LogP contribution >= 0.6 is 23.1 Å². The Bertz CT molecular complexity index is 1190. The third kappa shape index (κ3) is 4.45. The molecule has 2 aliphatic rings. The van der Waals surface area contributed by atoms with E-state index in [1.165, 1.54) is 23.8 Å². The molecule has 2 aromatic rings. The summed E-state index contributed by atoms with van der Waals surface area (Å²) < 4.78 is 0. The maximum absolute atomic E-state index is 12.8. The fourth-order valence-electron chi connectivity index (χ4n) is 3.34. The van der Waals surface area contributed by atoms with Crippen molar-refractivity contribution in [2.75, 3.05) is 18.6 Å². The van der Waals surface area contributed by atoms with Crippen molar-refractivity contribution in [3.63, 3.8) is 0 Å². The zero-order valence-electron chi connectivity index (χ0n) is 17.2. The van der Waals surface area contributed by atoms with Gasteiger partial charge in [-0.2, -0.15) is 0 Å². The summed E-state index contributed by atoms with van der Waals surface area (Å²) in [6, 6.07) is 2.68. The molecular weight excluding hydrogens is 468 g/mol. The second-order valence-electron chi connectivity index (χ2n) is 6.85. The highest BCUT2D eigenvalue weighted by atomic mass is 32.2. The van der Waals surface area contributed by atoms with Crippen molar-refractivity contribution < 1.29 is 24.3 Å². The van der Waals surface area contributed by atoms with Crippen molar-refractivity contribution >= 4 is 57.8 Å². The average molecular weight is 487 g/mol. The molecule has 0 aromatic carbocycles. The average Bonchev–Trinajstić information content (AvgIpc) is 3.25. The van der Waals surface area contributed by atoms with E-state index >= 15 is 0 Å². The van der Waals surface area contributed by atoms with Gasteiger partial charge >= 0.3 is 5.97 Å². The van der Waals surface area contributed by atoms with Crippen LogP contribution < -0.4 is 11.1 Å². The number of carboxylic acid groups (broad SMARTS) is 1. The predicted molar refractivity (Wildman–Crippen MR) is 123 cm³/mol. The van der Waals surface area contributed by atoms with Gasteiger partial charge in [0.05, 0.1) is 0 Å². The summed E-state index contributed by atoms with van der Waals surface area (Å²) in [6.07, 6.45) is 6.69. The molecule has 33 heavy (non-hydrogen) atoms. The number of thiazole rings is 1. The lowest BCUT2D eigenvalue weighted by Crippen LogP contribution is -2.71. The summed E-state index contributed by atoms with van der Waals surface area (Å²) in [5.41, 5.74) is 6.89. The number of anilines is 1. The molecule has 4 heterocycles. The maximum Gasteiger partial charge on any atom is 0.352 e. The Morgan fingerprint density at radius 3 is 2.88 bits per heavy atom. The molecule has 0 radical (unpaired) electrons. The lowest BCUT2D eigenvalue weighted by Gasteiger charge is -2.49. The van der Waals surface area contributed by atoms with Crippen LogP contribution in [0.3, 0.4) is 0 Å². The Kier molecular flexibility index (Phi) is 6.42. The Hall–Kier alpha value is -3.71. The number of amides is 2. The first-order chi connectivity index (χ1) is 15.9. The zero-order valence-corrected chi connectivity index (χ0v) is 18.8. The van der Waals surface area contributed by atoms with Crippen molar-refractivity contribution in [2.45, 2.75) is 11.4 Å². The van der Waals surface area contributed by atoms with Gasteiger partial charge in [0.15, 0.2) is 10.8 Å². The first kappa shape index (κ1) is 22.5. The molecule has 2 amide bonds. The minimum atomic E-state index is -1.22. The number of nitrogens with one attached hydrogen (secondary N) is 1. The van der Waals surface area contributed by atoms with Crippen LogP contribution in [0.25, 0.3) is 6.08 Å². The molecule has 0 saturated carbocycles. The summed E-state index contributed by atoms with van der Waals surface area (Å²) >= 11 is 2.48. The lowest BCUT2D eigenvalue weighted by molar-refractivity contribution is -0.150. The minimum absolute atomic E-state index is 0.104. The Balaban J connectivity index is 1.53. The molecule has 2 aliphatic heterocycles. The second kappa shape index (κ2) is 9.42. The highest BCUT2D eigenvalue weighted by molar-refractivity contribution is 8.00. The number of β-lactam (4-membered cyclic amide) rings is 1. The van der Waals surface area contributed by atoms with Gasteiger partial charge in [-0.15, -0.1) is 23.1 Å². The number of fused-ring (bicyclic) bond motifs is 1. The van der Waals surface area contributed by atoms with E-state index in [9.17, 15) is 19.5 Å². The quantitative estimate of drug-likeness (QED) is 0.294. The SMILES string of the molecule is CO/N=C(/C(=O)NC1C(=O)N2C(C(=O)O)=C(/C=C/c3cccnc3)CSC12)c1csc(N)n1. The van der Waals surface area contributed by atoms with Crippen LogP contribution in [0.5, 0.6) is 0 Å². The number of nitrogen functional groups attached to an aromatic ring is 1. The van der Waals surface area contributed by atoms with Crippen molar-refractivity contribution in [3.05, 3.63) is 58.5 Å². The molecule has 2 unspecified atom stereocenters. The number of hydrogen-bond donors (Lipinski definition) is 3. The van der Waals surface area contributed by atoms with Gasteiger partial charge in [-0.05, 0) is 17.2 Å². The van der Waals surface area contributed by atoms with Crippen LogP contribution in [-0.2, 0) is 19.2 Å². The molecule has 1 fully saturated rings. The molecular formula is C20H18N6O5S2. The van der Waals surface area contributed by atoms with Crippen molar-refractivity contribution in [2.24, 2.45) is 5.16 Å². The molecule has 170 valence electrons. The summed E-state index contributed by atoms with van der Waals surface area (Å²) in [6.45, 7) is 0. The van der Waals surface area contributed by atoms with Crippen LogP contribution in [0.4, 0.5) is 5.13 Å². The molecule has 4 N–H and O–H groups in total. The third-order valence-electron chi connectivity index (χ3n) is 4.81. The van der Waals surface area contributed by atoms with Crippen LogP contribution in [0.1, 0.15) is 11.3 Å². The molecule has 0 bridgehead atoms. The summed E-state index contributed by atoms with van der Waals surface area (Å²) in [4.78, 5) is 51.6. The van der Waals surface area contributed by atoms with E-state index in [0.717, 1.165) is 16.9 Å². The van der Waals surface area contributed by atoms with Crippen molar-refractivity contribution in [1.82, 2.24) is 20.2 Å². The van der Waals surface area contributed by atoms with Crippen LogP contribution in [0.2, 0.25) is 0 Å². The van der Waals surface area contributed by atoms with E-state index in [-0.39, 0.29) is 22.2 Å². The van der Waals surface area contributed by atoms with E-state index in [1.807, 2.05) is 6.07 Å². The largest absolute Gasteiger partial charge is 0.477 e. The fourth-order valence-corrected chi connectivity index (χ4v) is 5.21. The number of oxime groups is 1. The number of carboxylic acids is 1.